The predicted molar refractivity (Wildman–Crippen MR) is 48.0 cm³/mol. The van der Waals surface area contributed by atoms with Crippen LogP contribution in [0.4, 0.5) is 4.79 Å². The highest BCUT2D eigenvalue weighted by Gasteiger charge is 1.96. The Morgan fingerprint density at radius 1 is 1.69 bits per heavy atom. The van der Waals surface area contributed by atoms with Crippen LogP contribution in [0.1, 0.15) is 20.3 Å². The molecule has 0 aliphatic heterocycles. The highest BCUT2D eigenvalue weighted by atomic mass is 16.6. The standard InChI is InChI=1S/C7H15N3O3/c1-3-6(8)13-5-9-10-7(11)12-4-2/h5-6H,3-4,8H2,1-2H3,(H,10,11). The van der Waals surface area contributed by atoms with Crippen LogP contribution in [0.5, 0.6) is 0 Å². The molecule has 1 amide bonds. The lowest BCUT2D eigenvalue weighted by molar-refractivity contribution is 0.151. The molecule has 0 saturated heterocycles. The van der Waals surface area contributed by atoms with Gasteiger partial charge >= 0.3 is 6.09 Å². The topological polar surface area (TPSA) is 85.9 Å². The molecule has 3 N–H and O–H groups in total. The van der Waals surface area contributed by atoms with Crippen LogP contribution < -0.4 is 11.2 Å². The Morgan fingerprint density at radius 3 is 2.92 bits per heavy atom. The zero-order valence-electron chi connectivity index (χ0n) is 7.82. The van der Waals surface area contributed by atoms with Gasteiger partial charge in [-0.3, -0.25) is 5.73 Å². The Bertz CT molecular complexity index is 172. The Morgan fingerprint density at radius 2 is 2.38 bits per heavy atom. The number of carbonyl (C=O) groups excluding carboxylic acids is 1. The molecule has 0 aliphatic carbocycles. The van der Waals surface area contributed by atoms with Crippen LogP contribution in [0, 0.1) is 0 Å². The predicted octanol–water partition coefficient (Wildman–Crippen LogP) is 0.387. The quantitative estimate of drug-likeness (QED) is 0.283. The van der Waals surface area contributed by atoms with Gasteiger partial charge in [0.15, 0.2) is 6.40 Å². The van der Waals surface area contributed by atoms with Crippen LogP contribution in [0.15, 0.2) is 5.10 Å². The van der Waals surface area contributed by atoms with Gasteiger partial charge in [-0.1, -0.05) is 6.92 Å². The van der Waals surface area contributed by atoms with Gasteiger partial charge in [-0.15, -0.1) is 5.10 Å². The molecule has 0 heterocycles. The summed E-state index contributed by atoms with van der Waals surface area (Å²) in [7, 11) is 0. The van der Waals surface area contributed by atoms with Gasteiger partial charge in [0.25, 0.3) is 0 Å². The lowest BCUT2D eigenvalue weighted by Gasteiger charge is -2.05. The number of ether oxygens (including phenoxy) is 2. The van der Waals surface area contributed by atoms with Crippen molar-refractivity contribution >= 4 is 12.5 Å². The minimum absolute atomic E-state index is 0.302. The average molecular weight is 189 g/mol. The van der Waals surface area contributed by atoms with Crippen molar-refractivity contribution in [3.63, 3.8) is 0 Å². The highest BCUT2D eigenvalue weighted by molar-refractivity contribution is 5.67. The van der Waals surface area contributed by atoms with E-state index < -0.39 is 12.3 Å². The summed E-state index contributed by atoms with van der Waals surface area (Å²) >= 11 is 0. The Balaban J connectivity index is 3.45. The summed E-state index contributed by atoms with van der Waals surface area (Å²) in [4.78, 5) is 10.6. The Kier molecular flexibility index (Phi) is 6.62. The number of hydrogen-bond donors (Lipinski definition) is 2. The summed E-state index contributed by atoms with van der Waals surface area (Å²) in [5.41, 5.74) is 7.48. The van der Waals surface area contributed by atoms with E-state index >= 15 is 0 Å². The van der Waals surface area contributed by atoms with E-state index in [1.54, 1.807) is 6.92 Å². The number of nitrogens with zero attached hydrogens (tertiary/aromatic N) is 1. The maximum atomic E-state index is 10.6. The van der Waals surface area contributed by atoms with Crippen LogP contribution in [0.3, 0.4) is 0 Å². The van der Waals surface area contributed by atoms with Crippen LogP contribution in [-0.2, 0) is 9.47 Å². The molecule has 0 aromatic rings. The number of rotatable bonds is 5. The fraction of sp³-hybridized carbons (Fsp3) is 0.714. The first-order chi connectivity index (χ1) is 6.20. The Labute approximate surface area is 77.1 Å². The van der Waals surface area contributed by atoms with Crippen LogP contribution in [0.2, 0.25) is 0 Å². The average Bonchev–Trinajstić information content (AvgIpc) is 2.12. The summed E-state index contributed by atoms with van der Waals surface area (Å²) in [6.45, 7) is 3.88. The van der Waals surface area contributed by atoms with E-state index in [-0.39, 0.29) is 0 Å². The maximum Gasteiger partial charge on any atom is 0.427 e. The number of hydrazone groups is 1. The van der Waals surface area contributed by atoms with E-state index in [2.05, 4.69) is 15.3 Å². The first-order valence-corrected chi connectivity index (χ1v) is 4.06. The van der Waals surface area contributed by atoms with Gasteiger partial charge in [0, 0.05) is 0 Å². The molecule has 0 bridgehead atoms. The lowest BCUT2D eigenvalue weighted by atomic mass is 10.4. The van der Waals surface area contributed by atoms with Crippen LogP contribution >= 0.6 is 0 Å². The zero-order chi connectivity index (χ0) is 10.1. The van der Waals surface area contributed by atoms with Gasteiger partial charge in [0.05, 0.1) is 6.61 Å². The van der Waals surface area contributed by atoms with Gasteiger partial charge in [0.1, 0.15) is 6.23 Å². The van der Waals surface area contributed by atoms with Gasteiger partial charge in [-0.2, -0.15) is 0 Å². The van der Waals surface area contributed by atoms with Crippen molar-refractivity contribution in [2.75, 3.05) is 6.61 Å². The largest absolute Gasteiger partial charge is 0.463 e. The molecule has 0 saturated carbocycles. The smallest absolute Gasteiger partial charge is 0.427 e. The molecule has 1 atom stereocenters. The molecule has 0 fully saturated rings. The molecular weight excluding hydrogens is 174 g/mol. The molecule has 6 heteroatoms. The first kappa shape index (κ1) is 11.7. The SMILES string of the molecule is CCOC(=O)NN=COC(N)CC. The Hall–Kier alpha value is -1.30. The maximum absolute atomic E-state index is 10.6. The third-order valence-electron chi connectivity index (χ3n) is 1.12. The second-order valence-corrected chi connectivity index (χ2v) is 2.15. The zero-order valence-corrected chi connectivity index (χ0v) is 7.82. The third-order valence-corrected chi connectivity index (χ3v) is 1.12. The monoisotopic (exact) mass is 189 g/mol. The summed E-state index contributed by atoms with van der Waals surface area (Å²) < 4.78 is 9.36. The molecule has 0 aromatic carbocycles. The van der Waals surface area contributed by atoms with Crippen molar-refractivity contribution in [1.29, 1.82) is 0 Å². The summed E-state index contributed by atoms with van der Waals surface area (Å²) in [5.74, 6) is 0. The molecule has 13 heavy (non-hydrogen) atoms. The molecule has 0 aromatic heterocycles. The van der Waals surface area contributed by atoms with Crippen LogP contribution in [0.25, 0.3) is 0 Å². The van der Waals surface area contributed by atoms with Crippen LogP contribution in [-0.4, -0.2) is 25.3 Å². The normalized spacial score (nSPS) is 12.5. The molecule has 0 radical (unpaired) electrons. The third kappa shape index (κ3) is 7.07. The number of amides is 1. The van der Waals surface area contributed by atoms with Crippen molar-refractivity contribution in [2.45, 2.75) is 26.5 Å². The fourth-order valence-corrected chi connectivity index (χ4v) is 0.447. The summed E-state index contributed by atoms with van der Waals surface area (Å²) in [5, 5.41) is 3.43. The molecule has 1 unspecified atom stereocenters. The van der Waals surface area contributed by atoms with E-state index in [9.17, 15) is 4.79 Å². The van der Waals surface area contributed by atoms with Crippen molar-refractivity contribution in [3.8, 4) is 0 Å². The number of carbonyl (C=O) groups is 1. The van der Waals surface area contributed by atoms with Crippen molar-refractivity contribution in [3.05, 3.63) is 0 Å². The molecule has 6 nitrogen and oxygen atoms in total. The van der Waals surface area contributed by atoms with Crippen molar-refractivity contribution in [1.82, 2.24) is 5.43 Å². The summed E-state index contributed by atoms with van der Waals surface area (Å²) in [6, 6.07) is 0. The second kappa shape index (κ2) is 7.35. The van der Waals surface area contributed by atoms with Gasteiger partial charge < -0.3 is 9.47 Å². The molecule has 0 rings (SSSR count). The van der Waals surface area contributed by atoms with E-state index in [0.29, 0.717) is 13.0 Å². The van der Waals surface area contributed by atoms with Gasteiger partial charge in [0.2, 0.25) is 0 Å². The molecule has 76 valence electrons. The van der Waals surface area contributed by atoms with Crippen molar-refractivity contribution in [2.24, 2.45) is 10.8 Å². The van der Waals surface area contributed by atoms with E-state index in [0.717, 1.165) is 6.40 Å². The molecular formula is C7H15N3O3. The van der Waals surface area contributed by atoms with E-state index in [1.165, 1.54) is 0 Å². The van der Waals surface area contributed by atoms with Gasteiger partial charge in [-0.25, -0.2) is 10.2 Å². The number of nitrogens with one attached hydrogen (secondary N) is 1. The minimum atomic E-state index is -0.618. The first-order valence-electron chi connectivity index (χ1n) is 4.06. The van der Waals surface area contributed by atoms with Crippen molar-refractivity contribution < 1.29 is 14.3 Å². The molecule has 0 aliphatic rings. The molecule has 0 spiro atoms. The van der Waals surface area contributed by atoms with Gasteiger partial charge in [-0.05, 0) is 13.3 Å². The van der Waals surface area contributed by atoms with E-state index in [1.807, 2.05) is 6.92 Å². The van der Waals surface area contributed by atoms with E-state index in [4.69, 9.17) is 10.5 Å². The minimum Gasteiger partial charge on any atom is -0.463 e. The number of nitrogens with two attached hydrogens (primary N) is 1. The fourth-order valence-electron chi connectivity index (χ4n) is 0.447. The second-order valence-electron chi connectivity index (χ2n) is 2.15. The lowest BCUT2D eigenvalue weighted by Crippen LogP contribution is -2.23. The summed E-state index contributed by atoms with van der Waals surface area (Å²) in [6.07, 6.45) is 0.733. The highest BCUT2D eigenvalue weighted by Crippen LogP contribution is 1.84. The number of hydrogen-bond acceptors (Lipinski definition) is 5.